The van der Waals surface area contributed by atoms with E-state index in [4.69, 9.17) is 18.9 Å². The molecule has 3 rings (SSSR count). The summed E-state index contributed by atoms with van der Waals surface area (Å²) in [5, 5.41) is 9.80. The first-order valence-corrected chi connectivity index (χ1v) is 13.1. The predicted molar refractivity (Wildman–Crippen MR) is 140 cm³/mol. The highest BCUT2D eigenvalue weighted by atomic mass is 16.5. The number of methoxy groups -OCH3 is 2. The molecule has 1 saturated carbocycles. The van der Waals surface area contributed by atoms with Gasteiger partial charge < -0.3 is 18.9 Å². The van der Waals surface area contributed by atoms with E-state index in [1.165, 1.54) is 12.8 Å². The Labute approximate surface area is 215 Å². The number of ketones is 1. The van der Waals surface area contributed by atoms with Crippen molar-refractivity contribution in [2.24, 2.45) is 0 Å². The molecule has 1 unspecified atom stereocenters. The number of hydrogen-bond donors (Lipinski definition) is 0. The van der Waals surface area contributed by atoms with Crippen molar-refractivity contribution in [2.75, 3.05) is 20.8 Å². The van der Waals surface area contributed by atoms with E-state index in [9.17, 15) is 10.1 Å². The summed E-state index contributed by atoms with van der Waals surface area (Å²) < 4.78 is 22.9. The Morgan fingerprint density at radius 1 is 1.00 bits per heavy atom. The normalized spacial score (nSPS) is 14.2. The third-order valence-corrected chi connectivity index (χ3v) is 6.73. The lowest BCUT2D eigenvalue weighted by atomic mass is 9.93. The molecular weight excluding hydrogens is 454 g/mol. The molecule has 1 atom stereocenters. The maximum atomic E-state index is 12.7. The Morgan fingerprint density at radius 3 is 2.44 bits per heavy atom. The number of nitriles is 1. The number of hydrogen-bond acceptors (Lipinski definition) is 6. The number of Topliss-reactive ketones (excluding diaryl/α,β-unsaturated/α-hetero) is 1. The number of carbonyl (C=O) groups is 1. The number of rotatable bonds is 15. The highest BCUT2D eigenvalue weighted by molar-refractivity contribution is 5.78. The summed E-state index contributed by atoms with van der Waals surface area (Å²) in [6.45, 7) is 2.78. The zero-order chi connectivity index (χ0) is 25.8. The Hall–Kier alpha value is -3.20. The monoisotopic (exact) mass is 493 g/mol. The van der Waals surface area contributed by atoms with Crippen LogP contribution < -0.4 is 18.9 Å². The number of ether oxygens (including phenoxy) is 4. The van der Waals surface area contributed by atoms with Crippen LogP contribution in [0.1, 0.15) is 81.8 Å². The van der Waals surface area contributed by atoms with Crippen LogP contribution in [0, 0.1) is 11.3 Å². The Balaban J connectivity index is 1.54. The first-order chi connectivity index (χ1) is 17.6. The summed E-state index contributed by atoms with van der Waals surface area (Å²) in [6, 6.07) is 13.9. The predicted octanol–water partition coefficient (Wildman–Crippen LogP) is 6.79. The molecule has 0 aliphatic heterocycles. The van der Waals surface area contributed by atoms with Crippen LogP contribution in [0.2, 0.25) is 0 Å². The van der Waals surface area contributed by atoms with Crippen molar-refractivity contribution in [2.45, 2.75) is 83.2 Å². The van der Waals surface area contributed by atoms with Crippen LogP contribution in [0.4, 0.5) is 0 Å². The summed E-state index contributed by atoms with van der Waals surface area (Å²) in [5.74, 6) is 2.56. The van der Waals surface area contributed by atoms with Gasteiger partial charge in [0.1, 0.15) is 5.78 Å². The molecule has 0 bridgehead atoms. The quantitative estimate of drug-likeness (QED) is 0.254. The SMILES string of the molecule is CCCCOc1ccc(CCC(=O)CCC(C#N)c2ccc(OC)c(OC3CCCC3)c2)cc1OC. The fourth-order valence-corrected chi connectivity index (χ4v) is 4.52. The molecule has 1 aliphatic carbocycles. The van der Waals surface area contributed by atoms with Gasteiger partial charge in [-0.2, -0.15) is 5.26 Å². The lowest BCUT2D eigenvalue weighted by Gasteiger charge is -2.18. The van der Waals surface area contributed by atoms with E-state index in [1.54, 1.807) is 14.2 Å². The van der Waals surface area contributed by atoms with Gasteiger partial charge in [0.15, 0.2) is 23.0 Å². The van der Waals surface area contributed by atoms with Crippen molar-refractivity contribution in [3.05, 3.63) is 47.5 Å². The average Bonchev–Trinajstić information content (AvgIpc) is 3.41. The Kier molecular flexibility index (Phi) is 10.9. The standard InChI is InChI=1S/C30H39NO5/c1-4-5-18-35-28-16-11-22(19-29(28)34-3)10-14-25(32)15-12-24(21-31)23-13-17-27(33-2)30(20-23)36-26-8-6-7-9-26/h11,13,16-17,19-20,24,26H,4-10,12,14-15,18H2,1-3H3. The van der Waals surface area contributed by atoms with Gasteiger partial charge in [-0.15, -0.1) is 0 Å². The number of nitrogens with zero attached hydrogens (tertiary/aromatic N) is 1. The summed E-state index contributed by atoms with van der Waals surface area (Å²) >= 11 is 0. The van der Waals surface area contributed by atoms with Crippen molar-refractivity contribution >= 4 is 5.78 Å². The van der Waals surface area contributed by atoms with Crippen LogP contribution in [-0.4, -0.2) is 32.7 Å². The summed E-state index contributed by atoms with van der Waals surface area (Å²) in [6.07, 6.45) is 8.62. The minimum Gasteiger partial charge on any atom is -0.493 e. The fraction of sp³-hybridized carbons (Fsp3) is 0.533. The van der Waals surface area contributed by atoms with E-state index in [0.717, 1.165) is 42.6 Å². The van der Waals surface area contributed by atoms with Crippen LogP contribution in [-0.2, 0) is 11.2 Å². The summed E-state index contributed by atoms with van der Waals surface area (Å²) in [4.78, 5) is 12.7. The number of benzene rings is 2. The zero-order valence-electron chi connectivity index (χ0n) is 21.9. The number of aryl methyl sites for hydroxylation is 1. The molecular formula is C30H39NO5. The van der Waals surface area contributed by atoms with E-state index in [-0.39, 0.29) is 17.8 Å². The van der Waals surface area contributed by atoms with E-state index in [0.29, 0.717) is 49.5 Å². The molecule has 1 fully saturated rings. The molecule has 0 radical (unpaired) electrons. The molecule has 2 aromatic carbocycles. The second kappa shape index (κ2) is 14.4. The zero-order valence-corrected chi connectivity index (χ0v) is 21.9. The second-order valence-electron chi connectivity index (χ2n) is 9.38. The maximum absolute atomic E-state index is 12.7. The van der Waals surface area contributed by atoms with Gasteiger partial charge in [-0.05, 0) is 80.3 Å². The van der Waals surface area contributed by atoms with Gasteiger partial charge in [-0.3, -0.25) is 4.79 Å². The Bertz CT molecular complexity index is 1020. The summed E-state index contributed by atoms with van der Waals surface area (Å²) in [7, 11) is 3.25. The maximum Gasteiger partial charge on any atom is 0.161 e. The van der Waals surface area contributed by atoms with Gasteiger partial charge in [0.05, 0.1) is 38.9 Å². The van der Waals surface area contributed by atoms with E-state index < -0.39 is 0 Å². The second-order valence-corrected chi connectivity index (χ2v) is 9.38. The highest BCUT2D eigenvalue weighted by Crippen LogP contribution is 2.35. The van der Waals surface area contributed by atoms with Gasteiger partial charge in [-0.1, -0.05) is 25.5 Å². The minimum absolute atomic E-state index is 0.147. The fourth-order valence-electron chi connectivity index (χ4n) is 4.52. The number of unbranched alkanes of at least 4 members (excludes halogenated alkanes) is 1. The molecule has 36 heavy (non-hydrogen) atoms. The molecule has 0 N–H and O–H groups in total. The molecule has 0 amide bonds. The van der Waals surface area contributed by atoms with Crippen molar-refractivity contribution in [3.63, 3.8) is 0 Å². The molecule has 1 aliphatic rings. The lowest BCUT2D eigenvalue weighted by molar-refractivity contribution is -0.119. The molecule has 0 heterocycles. The smallest absolute Gasteiger partial charge is 0.161 e. The lowest BCUT2D eigenvalue weighted by Crippen LogP contribution is -2.12. The molecule has 6 nitrogen and oxygen atoms in total. The van der Waals surface area contributed by atoms with Crippen molar-refractivity contribution in [1.82, 2.24) is 0 Å². The van der Waals surface area contributed by atoms with Crippen LogP contribution in [0.5, 0.6) is 23.0 Å². The Morgan fingerprint density at radius 2 is 1.75 bits per heavy atom. The number of carbonyl (C=O) groups excluding carboxylic acids is 1. The average molecular weight is 494 g/mol. The highest BCUT2D eigenvalue weighted by Gasteiger charge is 2.21. The summed E-state index contributed by atoms with van der Waals surface area (Å²) in [5.41, 5.74) is 1.89. The molecule has 0 aromatic heterocycles. The van der Waals surface area contributed by atoms with Gasteiger partial charge in [0.2, 0.25) is 0 Å². The van der Waals surface area contributed by atoms with Crippen LogP contribution in [0.25, 0.3) is 0 Å². The van der Waals surface area contributed by atoms with Crippen LogP contribution in [0.15, 0.2) is 36.4 Å². The van der Waals surface area contributed by atoms with Gasteiger partial charge in [-0.25, -0.2) is 0 Å². The largest absolute Gasteiger partial charge is 0.493 e. The van der Waals surface area contributed by atoms with Gasteiger partial charge in [0.25, 0.3) is 0 Å². The molecule has 2 aromatic rings. The first-order valence-electron chi connectivity index (χ1n) is 13.1. The van der Waals surface area contributed by atoms with Crippen molar-refractivity contribution in [3.8, 4) is 29.1 Å². The van der Waals surface area contributed by atoms with E-state index >= 15 is 0 Å². The van der Waals surface area contributed by atoms with Crippen LogP contribution in [0.3, 0.4) is 0 Å². The van der Waals surface area contributed by atoms with Crippen molar-refractivity contribution in [1.29, 1.82) is 5.26 Å². The molecule has 6 heteroatoms. The van der Waals surface area contributed by atoms with Crippen LogP contribution >= 0.6 is 0 Å². The van der Waals surface area contributed by atoms with E-state index in [1.807, 2.05) is 36.4 Å². The van der Waals surface area contributed by atoms with Crippen molar-refractivity contribution < 1.29 is 23.7 Å². The minimum atomic E-state index is -0.370. The molecule has 0 spiro atoms. The topological polar surface area (TPSA) is 77.8 Å². The van der Waals surface area contributed by atoms with Gasteiger partial charge >= 0.3 is 0 Å². The molecule has 0 saturated heterocycles. The third kappa shape index (κ3) is 7.91. The third-order valence-electron chi connectivity index (χ3n) is 6.73. The van der Waals surface area contributed by atoms with Gasteiger partial charge in [0, 0.05) is 12.8 Å². The van der Waals surface area contributed by atoms with E-state index in [2.05, 4.69) is 13.0 Å². The molecule has 194 valence electrons. The first kappa shape index (κ1) is 27.4.